The van der Waals surface area contributed by atoms with Crippen LogP contribution >= 0.6 is 11.6 Å². The Bertz CT molecular complexity index is 558. The number of aliphatic hydroxyl groups excluding tert-OH is 1. The van der Waals surface area contributed by atoms with Crippen LogP contribution in [0.3, 0.4) is 0 Å². The molecule has 0 amide bonds. The Morgan fingerprint density at radius 3 is 2.74 bits per heavy atom. The Labute approximate surface area is 116 Å². The second kappa shape index (κ2) is 5.36. The molecule has 1 heterocycles. The highest BCUT2D eigenvalue weighted by Gasteiger charge is 2.35. The first kappa shape index (κ1) is 14.7. The van der Waals surface area contributed by atoms with Gasteiger partial charge in [-0.15, -0.1) is 0 Å². The lowest BCUT2D eigenvalue weighted by atomic mass is 9.98. The molecule has 0 radical (unpaired) electrons. The van der Waals surface area contributed by atoms with Gasteiger partial charge in [-0.1, -0.05) is 24.6 Å². The van der Waals surface area contributed by atoms with Crippen molar-refractivity contribution < 1.29 is 17.9 Å². The number of nitrogens with zero attached hydrogens (tertiary/aromatic N) is 1. The number of sulfonamides is 1. The summed E-state index contributed by atoms with van der Waals surface area (Å²) in [5, 5.41) is 9.62. The first-order chi connectivity index (χ1) is 8.84. The van der Waals surface area contributed by atoms with Gasteiger partial charge < -0.3 is 5.11 Å². The summed E-state index contributed by atoms with van der Waals surface area (Å²) in [6, 6.07) is 3.74. The van der Waals surface area contributed by atoms with Crippen LogP contribution in [0.4, 0.5) is 4.39 Å². The molecule has 0 bridgehead atoms. The van der Waals surface area contributed by atoms with Gasteiger partial charge in [0.25, 0.3) is 0 Å². The topological polar surface area (TPSA) is 57.6 Å². The summed E-state index contributed by atoms with van der Waals surface area (Å²) in [6.07, 6.45) is -0.207. The second-order valence-electron chi connectivity index (χ2n) is 4.75. The third-order valence-corrected chi connectivity index (χ3v) is 5.77. The van der Waals surface area contributed by atoms with Gasteiger partial charge in [-0.05, 0) is 24.5 Å². The van der Waals surface area contributed by atoms with E-state index in [-0.39, 0.29) is 24.0 Å². The Kier molecular flexibility index (Phi) is 4.15. The minimum atomic E-state index is -4.01. The molecule has 4 nitrogen and oxygen atoms in total. The Morgan fingerprint density at radius 2 is 2.16 bits per heavy atom. The SMILES string of the molecule is CC1CCN(S(=O)(=O)c2c(F)cccc2Cl)CC1O. The van der Waals surface area contributed by atoms with Gasteiger partial charge in [-0.3, -0.25) is 0 Å². The predicted octanol–water partition coefficient (Wildman–Crippen LogP) is 1.87. The summed E-state index contributed by atoms with van der Waals surface area (Å²) >= 11 is 5.79. The van der Waals surface area contributed by atoms with Gasteiger partial charge in [-0.2, -0.15) is 4.31 Å². The molecule has 1 aromatic carbocycles. The molecule has 1 N–H and O–H groups in total. The number of aliphatic hydroxyl groups is 1. The zero-order valence-corrected chi connectivity index (χ0v) is 12.0. The maximum Gasteiger partial charge on any atom is 0.247 e. The second-order valence-corrected chi connectivity index (χ2v) is 7.03. The molecule has 7 heteroatoms. The average Bonchev–Trinajstić information content (AvgIpc) is 2.32. The molecule has 2 atom stereocenters. The lowest BCUT2D eigenvalue weighted by molar-refractivity contribution is 0.0604. The van der Waals surface area contributed by atoms with Gasteiger partial charge in [0.05, 0.1) is 11.1 Å². The van der Waals surface area contributed by atoms with Gasteiger partial charge in [0.1, 0.15) is 10.7 Å². The van der Waals surface area contributed by atoms with E-state index in [9.17, 15) is 17.9 Å². The van der Waals surface area contributed by atoms with Crippen molar-refractivity contribution in [1.82, 2.24) is 4.31 Å². The van der Waals surface area contributed by atoms with E-state index in [0.717, 1.165) is 10.4 Å². The van der Waals surface area contributed by atoms with Gasteiger partial charge in [0.2, 0.25) is 10.0 Å². The van der Waals surface area contributed by atoms with Crippen molar-refractivity contribution in [2.75, 3.05) is 13.1 Å². The molecule has 0 spiro atoms. The van der Waals surface area contributed by atoms with Crippen LogP contribution < -0.4 is 0 Å². The zero-order chi connectivity index (χ0) is 14.2. The minimum Gasteiger partial charge on any atom is -0.391 e. The van der Waals surface area contributed by atoms with E-state index in [4.69, 9.17) is 11.6 Å². The fourth-order valence-electron chi connectivity index (χ4n) is 2.10. The fraction of sp³-hybridized carbons (Fsp3) is 0.500. The predicted molar refractivity (Wildman–Crippen MR) is 70.0 cm³/mol. The standard InChI is InChI=1S/C12H15ClFNO3S/c1-8-5-6-15(7-11(8)16)19(17,18)12-9(13)3-2-4-10(12)14/h2-4,8,11,16H,5-7H2,1H3. The van der Waals surface area contributed by atoms with Crippen molar-refractivity contribution in [2.45, 2.75) is 24.3 Å². The summed E-state index contributed by atoms with van der Waals surface area (Å²) in [6.45, 7) is 2.07. The van der Waals surface area contributed by atoms with E-state index in [1.54, 1.807) is 0 Å². The van der Waals surface area contributed by atoms with Crippen LogP contribution in [-0.2, 0) is 10.0 Å². The van der Waals surface area contributed by atoms with Crippen molar-refractivity contribution in [2.24, 2.45) is 5.92 Å². The summed E-state index contributed by atoms with van der Waals surface area (Å²) < 4.78 is 39.6. The first-order valence-electron chi connectivity index (χ1n) is 5.96. The molecule has 0 saturated carbocycles. The van der Waals surface area contributed by atoms with Crippen molar-refractivity contribution in [3.05, 3.63) is 29.0 Å². The molecule has 0 aromatic heterocycles. The molecule has 2 unspecified atom stereocenters. The summed E-state index contributed by atoms with van der Waals surface area (Å²) in [5.74, 6) is -0.844. The van der Waals surface area contributed by atoms with E-state index >= 15 is 0 Å². The number of benzene rings is 1. The van der Waals surface area contributed by atoms with E-state index in [2.05, 4.69) is 0 Å². The third-order valence-electron chi connectivity index (χ3n) is 3.40. The molecule has 2 rings (SSSR count). The van der Waals surface area contributed by atoms with Crippen LogP contribution in [0, 0.1) is 11.7 Å². The number of hydrogen-bond acceptors (Lipinski definition) is 3. The van der Waals surface area contributed by atoms with Crippen molar-refractivity contribution in [1.29, 1.82) is 0 Å². The van der Waals surface area contributed by atoms with Crippen molar-refractivity contribution >= 4 is 21.6 Å². The third kappa shape index (κ3) is 2.76. The van der Waals surface area contributed by atoms with Gasteiger partial charge in [0, 0.05) is 13.1 Å². The summed E-state index contributed by atoms with van der Waals surface area (Å²) in [5.41, 5.74) is 0. The van der Waals surface area contributed by atoms with Crippen molar-refractivity contribution in [3.8, 4) is 0 Å². The normalized spacial score (nSPS) is 25.5. The molecule has 1 aliphatic heterocycles. The largest absolute Gasteiger partial charge is 0.391 e. The molecule has 0 aliphatic carbocycles. The monoisotopic (exact) mass is 307 g/mol. The van der Waals surface area contributed by atoms with Gasteiger partial charge in [0.15, 0.2) is 0 Å². The van der Waals surface area contributed by atoms with E-state index in [1.165, 1.54) is 12.1 Å². The zero-order valence-electron chi connectivity index (χ0n) is 10.4. The van der Waals surface area contributed by atoms with Crippen LogP contribution in [0.25, 0.3) is 0 Å². The molecule has 1 fully saturated rings. The maximum absolute atomic E-state index is 13.7. The highest BCUT2D eigenvalue weighted by molar-refractivity contribution is 7.89. The van der Waals surface area contributed by atoms with Gasteiger partial charge >= 0.3 is 0 Å². The fourth-order valence-corrected chi connectivity index (χ4v) is 4.13. The Hall–Kier alpha value is -0.690. The highest BCUT2D eigenvalue weighted by Crippen LogP contribution is 2.30. The molecular formula is C12H15ClFNO3S. The van der Waals surface area contributed by atoms with E-state index in [0.29, 0.717) is 6.42 Å². The molecule has 1 aromatic rings. The van der Waals surface area contributed by atoms with E-state index in [1.807, 2.05) is 6.92 Å². The van der Waals surface area contributed by atoms with Crippen LogP contribution in [0.5, 0.6) is 0 Å². The number of hydrogen-bond donors (Lipinski definition) is 1. The molecule has 106 valence electrons. The molecule has 1 saturated heterocycles. The lowest BCUT2D eigenvalue weighted by Crippen LogP contribution is -2.45. The Morgan fingerprint density at radius 1 is 1.47 bits per heavy atom. The highest BCUT2D eigenvalue weighted by atomic mass is 35.5. The van der Waals surface area contributed by atoms with Crippen LogP contribution in [-0.4, -0.2) is 37.0 Å². The van der Waals surface area contributed by atoms with Gasteiger partial charge in [-0.25, -0.2) is 12.8 Å². The van der Waals surface area contributed by atoms with Crippen LogP contribution in [0.15, 0.2) is 23.1 Å². The lowest BCUT2D eigenvalue weighted by Gasteiger charge is -2.33. The Balaban J connectivity index is 2.38. The molecule has 1 aliphatic rings. The smallest absolute Gasteiger partial charge is 0.247 e. The maximum atomic E-state index is 13.7. The molecular weight excluding hydrogens is 293 g/mol. The summed E-state index contributed by atoms with van der Waals surface area (Å²) in [7, 11) is -4.01. The molecule has 19 heavy (non-hydrogen) atoms. The van der Waals surface area contributed by atoms with Crippen LogP contribution in [0.1, 0.15) is 13.3 Å². The number of β-amino-alcohol motifs (C(OH)–C–C–N with tert-alkyl or cyclic N) is 1. The first-order valence-corrected chi connectivity index (χ1v) is 7.78. The van der Waals surface area contributed by atoms with E-state index < -0.39 is 26.8 Å². The van der Waals surface area contributed by atoms with Crippen molar-refractivity contribution in [3.63, 3.8) is 0 Å². The van der Waals surface area contributed by atoms with Crippen LogP contribution in [0.2, 0.25) is 5.02 Å². The number of rotatable bonds is 2. The number of piperidine rings is 1. The quantitative estimate of drug-likeness (QED) is 0.907. The average molecular weight is 308 g/mol. The minimum absolute atomic E-state index is 0.0301. The summed E-state index contributed by atoms with van der Waals surface area (Å²) in [4.78, 5) is -0.515. The number of halogens is 2.